The fraction of sp³-hybridized carbons (Fsp3) is 0.286. The molecule has 9 heavy (non-hydrogen) atoms. The van der Waals surface area contributed by atoms with Crippen LogP contribution in [0.5, 0.6) is 0 Å². The molecule has 0 amide bonds. The molecule has 2 heteroatoms. The summed E-state index contributed by atoms with van der Waals surface area (Å²) < 4.78 is 5.07. The largest absolute Gasteiger partial charge is 0.475 e. The molecule has 1 unspecified atom stereocenters. The van der Waals surface area contributed by atoms with Crippen molar-refractivity contribution in [1.82, 2.24) is 0 Å². The number of hydrogen-bond acceptors (Lipinski definition) is 2. The van der Waals surface area contributed by atoms with E-state index in [0.717, 1.165) is 0 Å². The quantitative estimate of drug-likeness (QED) is 0.505. The first kappa shape index (κ1) is 6.08. The van der Waals surface area contributed by atoms with Crippen LogP contribution in [0.4, 0.5) is 0 Å². The second-order valence-electron chi connectivity index (χ2n) is 1.79. The van der Waals surface area contributed by atoms with Crippen LogP contribution < -0.4 is 0 Å². The molecule has 1 rings (SSSR count). The van der Waals surface area contributed by atoms with Gasteiger partial charge in [0.2, 0.25) is 5.90 Å². The fourth-order valence-corrected chi connectivity index (χ4v) is 0.641. The Morgan fingerprint density at radius 2 is 2.44 bits per heavy atom. The van der Waals surface area contributed by atoms with E-state index in [2.05, 4.69) is 18.2 Å². The topological polar surface area (TPSA) is 21.6 Å². The highest BCUT2D eigenvalue weighted by atomic mass is 16.5. The van der Waals surface area contributed by atoms with Gasteiger partial charge in [-0.25, -0.2) is 4.99 Å². The summed E-state index contributed by atoms with van der Waals surface area (Å²) in [6, 6.07) is 0.137. The Morgan fingerprint density at radius 3 is 2.78 bits per heavy atom. The van der Waals surface area contributed by atoms with Gasteiger partial charge >= 0.3 is 0 Å². The van der Waals surface area contributed by atoms with E-state index in [-0.39, 0.29) is 6.04 Å². The smallest absolute Gasteiger partial charge is 0.208 e. The standard InChI is InChI=1S/C7H9NO/c1-3-6-5-9-7(4-2)8-6/h3-4,6H,1-2,5H2. The van der Waals surface area contributed by atoms with Gasteiger partial charge < -0.3 is 4.74 Å². The van der Waals surface area contributed by atoms with Gasteiger partial charge in [0, 0.05) is 0 Å². The van der Waals surface area contributed by atoms with E-state index in [1.54, 1.807) is 12.2 Å². The average Bonchev–Trinajstić information content (AvgIpc) is 2.34. The van der Waals surface area contributed by atoms with Gasteiger partial charge in [-0.15, -0.1) is 6.58 Å². The number of rotatable bonds is 2. The molecule has 0 saturated heterocycles. The van der Waals surface area contributed by atoms with E-state index in [4.69, 9.17) is 4.74 Å². The van der Waals surface area contributed by atoms with Crippen LogP contribution >= 0.6 is 0 Å². The third-order valence-corrected chi connectivity index (χ3v) is 1.14. The lowest BCUT2D eigenvalue weighted by molar-refractivity contribution is 0.333. The maximum Gasteiger partial charge on any atom is 0.208 e. The zero-order valence-electron chi connectivity index (χ0n) is 5.21. The lowest BCUT2D eigenvalue weighted by Crippen LogP contribution is -2.00. The van der Waals surface area contributed by atoms with Crippen molar-refractivity contribution in [3.63, 3.8) is 0 Å². The van der Waals surface area contributed by atoms with Gasteiger partial charge in [-0.3, -0.25) is 0 Å². The monoisotopic (exact) mass is 123 g/mol. The average molecular weight is 123 g/mol. The summed E-state index contributed by atoms with van der Waals surface area (Å²) in [7, 11) is 0. The molecule has 1 atom stereocenters. The van der Waals surface area contributed by atoms with E-state index in [1.807, 2.05) is 0 Å². The van der Waals surface area contributed by atoms with Gasteiger partial charge in [0.05, 0.1) is 0 Å². The molecule has 0 spiro atoms. The SMILES string of the molecule is C=CC1=NC(C=C)CO1. The van der Waals surface area contributed by atoms with Crippen LogP contribution in [-0.2, 0) is 4.74 Å². The van der Waals surface area contributed by atoms with Crippen molar-refractivity contribution in [2.45, 2.75) is 6.04 Å². The third kappa shape index (κ3) is 1.19. The lowest BCUT2D eigenvalue weighted by Gasteiger charge is -1.92. The van der Waals surface area contributed by atoms with Crippen molar-refractivity contribution in [1.29, 1.82) is 0 Å². The van der Waals surface area contributed by atoms with Crippen LogP contribution in [0.15, 0.2) is 30.3 Å². The van der Waals surface area contributed by atoms with Crippen LogP contribution in [0.1, 0.15) is 0 Å². The normalized spacial score (nSPS) is 24.4. The van der Waals surface area contributed by atoms with Crippen LogP contribution in [-0.4, -0.2) is 18.5 Å². The van der Waals surface area contributed by atoms with Gasteiger partial charge in [-0.2, -0.15) is 0 Å². The molecule has 2 nitrogen and oxygen atoms in total. The second kappa shape index (κ2) is 2.49. The van der Waals surface area contributed by atoms with Gasteiger partial charge in [0.15, 0.2) is 0 Å². The van der Waals surface area contributed by atoms with Crippen LogP contribution in [0.2, 0.25) is 0 Å². The zero-order valence-corrected chi connectivity index (χ0v) is 5.21. The second-order valence-corrected chi connectivity index (χ2v) is 1.79. The molecule has 0 aromatic rings. The fourth-order valence-electron chi connectivity index (χ4n) is 0.641. The van der Waals surface area contributed by atoms with Crippen LogP contribution in [0, 0.1) is 0 Å². The molecule has 0 fully saturated rings. The summed E-state index contributed by atoms with van der Waals surface area (Å²) in [6.45, 7) is 7.73. The molecule has 0 radical (unpaired) electrons. The maximum atomic E-state index is 5.07. The van der Waals surface area contributed by atoms with E-state index >= 15 is 0 Å². The Kier molecular flexibility index (Phi) is 1.68. The molecule has 0 bridgehead atoms. The van der Waals surface area contributed by atoms with E-state index in [9.17, 15) is 0 Å². The molecule has 0 aliphatic carbocycles. The Morgan fingerprint density at radius 1 is 1.67 bits per heavy atom. The molecular formula is C7H9NO. The number of ether oxygens (including phenoxy) is 1. The minimum absolute atomic E-state index is 0.137. The summed E-state index contributed by atoms with van der Waals surface area (Å²) in [4.78, 5) is 4.08. The molecule has 1 heterocycles. The van der Waals surface area contributed by atoms with Gasteiger partial charge in [-0.1, -0.05) is 12.7 Å². The summed E-state index contributed by atoms with van der Waals surface area (Å²) >= 11 is 0. The summed E-state index contributed by atoms with van der Waals surface area (Å²) in [5.74, 6) is 0.625. The molecule has 0 aromatic heterocycles. The number of hydrogen-bond donors (Lipinski definition) is 0. The molecule has 0 N–H and O–H groups in total. The van der Waals surface area contributed by atoms with Crippen molar-refractivity contribution in [2.24, 2.45) is 4.99 Å². The third-order valence-electron chi connectivity index (χ3n) is 1.14. The van der Waals surface area contributed by atoms with Crippen LogP contribution in [0.3, 0.4) is 0 Å². The summed E-state index contributed by atoms with van der Waals surface area (Å²) in [5.41, 5.74) is 0. The van der Waals surface area contributed by atoms with Crippen molar-refractivity contribution in [3.05, 3.63) is 25.3 Å². The van der Waals surface area contributed by atoms with Crippen LogP contribution in [0.25, 0.3) is 0 Å². The van der Waals surface area contributed by atoms with E-state index in [1.165, 1.54) is 0 Å². The number of nitrogens with zero attached hydrogens (tertiary/aromatic N) is 1. The van der Waals surface area contributed by atoms with Crippen molar-refractivity contribution >= 4 is 5.90 Å². The summed E-state index contributed by atoms with van der Waals surface area (Å²) in [6.07, 6.45) is 3.36. The predicted molar refractivity (Wildman–Crippen MR) is 37.6 cm³/mol. The molecule has 0 aromatic carbocycles. The van der Waals surface area contributed by atoms with Crippen molar-refractivity contribution in [2.75, 3.05) is 6.61 Å². The minimum atomic E-state index is 0.137. The highest BCUT2D eigenvalue weighted by Gasteiger charge is 2.11. The Labute approximate surface area is 54.6 Å². The first-order chi connectivity index (χ1) is 4.36. The zero-order chi connectivity index (χ0) is 6.69. The van der Waals surface area contributed by atoms with Gasteiger partial charge in [0.25, 0.3) is 0 Å². The van der Waals surface area contributed by atoms with Gasteiger partial charge in [0.1, 0.15) is 12.6 Å². The highest BCUT2D eigenvalue weighted by molar-refractivity contribution is 5.88. The van der Waals surface area contributed by atoms with Crippen molar-refractivity contribution < 1.29 is 4.74 Å². The maximum absolute atomic E-state index is 5.07. The molecule has 1 aliphatic rings. The molecular weight excluding hydrogens is 114 g/mol. The Balaban J connectivity index is 2.59. The Bertz CT molecular complexity index is 160. The van der Waals surface area contributed by atoms with E-state index < -0.39 is 0 Å². The Hall–Kier alpha value is -1.05. The van der Waals surface area contributed by atoms with Crippen molar-refractivity contribution in [3.8, 4) is 0 Å². The first-order valence-electron chi connectivity index (χ1n) is 2.82. The summed E-state index contributed by atoms with van der Waals surface area (Å²) in [5, 5.41) is 0. The minimum Gasteiger partial charge on any atom is -0.475 e. The first-order valence-corrected chi connectivity index (χ1v) is 2.82. The van der Waals surface area contributed by atoms with E-state index in [0.29, 0.717) is 12.5 Å². The molecule has 48 valence electrons. The number of aliphatic imine (C=N–C) groups is 1. The molecule has 1 aliphatic heterocycles. The molecule has 0 saturated carbocycles. The highest BCUT2D eigenvalue weighted by Crippen LogP contribution is 2.04. The van der Waals surface area contributed by atoms with Gasteiger partial charge in [-0.05, 0) is 6.08 Å². The lowest BCUT2D eigenvalue weighted by atomic mass is 10.3. The predicted octanol–water partition coefficient (Wildman–Crippen LogP) is 1.16.